The molecule has 1 aliphatic heterocycles. The van der Waals surface area contributed by atoms with Crippen LogP contribution in [-0.2, 0) is 11.2 Å². The van der Waals surface area contributed by atoms with E-state index < -0.39 is 11.9 Å². The Bertz CT molecular complexity index is 1240. The Labute approximate surface area is 206 Å². The van der Waals surface area contributed by atoms with Crippen molar-refractivity contribution in [3.05, 3.63) is 73.6 Å². The van der Waals surface area contributed by atoms with Crippen molar-refractivity contribution in [2.75, 3.05) is 11.9 Å². The number of hydrogen-bond donors (Lipinski definition) is 2. The highest BCUT2D eigenvalue weighted by Gasteiger charge is 2.32. The fourth-order valence-corrected chi connectivity index (χ4v) is 6.04. The lowest BCUT2D eigenvalue weighted by atomic mass is 9.92. The number of nitrogens with one attached hydrogen (secondary N) is 1. The number of hydrogen-bond acceptors (Lipinski definition) is 7. The summed E-state index contributed by atoms with van der Waals surface area (Å²) in [6.07, 6.45) is 3.94. The number of anilines is 1. The maximum absolute atomic E-state index is 15.0. The zero-order valence-electron chi connectivity index (χ0n) is 18.8. The first-order chi connectivity index (χ1) is 16.3. The molecule has 2 N–H and O–H groups in total. The van der Waals surface area contributed by atoms with E-state index in [1.807, 2.05) is 19.9 Å². The van der Waals surface area contributed by atoms with Gasteiger partial charge in [0.2, 0.25) is 5.78 Å². The molecule has 9 heteroatoms. The van der Waals surface area contributed by atoms with Crippen molar-refractivity contribution in [2.45, 2.75) is 51.4 Å². The van der Waals surface area contributed by atoms with Gasteiger partial charge in [0.05, 0.1) is 28.2 Å². The Kier molecular flexibility index (Phi) is 6.41. The Morgan fingerprint density at radius 3 is 2.94 bits per heavy atom. The summed E-state index contributed by atoms with van der Waals surface area (Å²) in [7, 11) is 0. The van der Waals surface area contributed by atoms with E-state index in [1.54, 1.807) is 12.1 Å². The maximum atomic E-state index is 15.0. The first-order valence-corrected chi connectivity index (χ1v) is 12.5. The number of halogens is 2. The molecule has 6 nitrogen and oxygen atoms in total. The lowest BCUT2D eigenvalue weighted by Gasteiger charge is -2.27. The van der Waals surface area contributed by atoms with E-state index in [4.69, 9.17) is 16.3 Å². The number of aromatic nitrogens is 2. The zero-order chi connectivity index (χ0) is 24.0. The molecule has 3 aromatic rings. The fraction of sp³-hybridized carbons (Fsp3) is 0.400. The molecule has 5 rings (SSSR count). The van der Waals surface area contributed by atoms with Gasteiger partial charge in [-0.15, -0.1) is 11.3 Å². The molecule has 0 bridgehead atoms. The fourth-order valence-electron chi connectivity index (χ4n) is 4.87. The third-order valence-corrected chi connectivity index (χ3v) is 8.10. The lowest BCUT2D eigenvalue weighted by Crippen LogP contribution is -2.20. The molecule has 1 aliphatic carbocycles. The predicted molar refractivity (Wildman–Crippen MR) is 129 cm³/mol. The van der Waals surface area contributed by atoms with Crippen molar-refractivity contribution in [3.63, 3.8) is 0 Å². The number of ether oxygens (including phenoxy) is 1. The van der Waals surface area contributed by atoms with Crippen LogP contribution in [0.5, 0.6) is 0 Å². The van der Waals surface area contributed by atoms with Crippen LogP contribution in [0.15, 0.2) is 30.7 Å². The van der Waals surface area contributed by atoms with Gasteiger partial charge in [0.15, 0.2) is 0 Å². The SMILES string of the molecule is Cc1sc(C(=O)c2cncnc2N[C@@H]2C[C@@H](C)[C@H](O)C2)cc1[C@@H]1OCCc2ccc(Cl)c(F)c21. The number of thiophene rings is 1. The predicted octanol–water partition coefficient (Wildman–Crippen LogP) is 5.10. The molecule has 0 amide bonds. The van der Waals surface area contributed by atoms with Gasteiger partial charge in [0.25, 0.3) is 0 Å². The average Bonchev–Trinajstić information content (AvgIpc) is 3.37. The summed E-state index contributed by atoms with van der Waals surface area (Å²) >= 11 is 7.40. The molecule has 2 aliphatic rings. The van der Waals surface area contributed by atoms with Gasteiger partial charge in [-0.1, -0.05) is 24.6 Å². The van der Waals surface area contributed by atoms with E-state index in [9.17, 15) is 14.3 Å². The van der Waals surface area contributed by atoms with Crippen LogP contribution in [0, 0.1) is 18.7 Å². The molecule has 0 unspecified atom stereocenters. The van der Waals surface area contributed by atoms with E-state index >= 15 is 0 Å². The molecular formula is C25H25ClFN3O3S. The van der Waals surface area contributed by atoms with E-state index in [1.165, 1.54) is 23.9 Å². The third-order valence-electron chi connectivity index (χ3n) is 6.74. The summed E-state index contributed by atoms with van der Waals surface area (Å²) in [6, 6.07) is 5.22. The summed E-state index contributed by atoms with van der Waals surface area (Å²) in [5, 5.41) is 13.5. The second kappa shape index (κ2) is 9.34. The maximum Gasteiger partial charge on any atom is 0.208 e. The van der Waals surface area contributed by atoms with Crippen LogP contribution in [0.4, 0.5) is 10.2 Å². The minimum atomic E-state index is -0.619. The topological polar surface area (TPSA) is 84.3 Å². The van der Waals surface area contributed by atoms with Crippen LogP contribution in [0.3, 0.4) is 0 Å². The van der Waals surface area contributed by atoms with Gasteiger partial charge in [-0.2, -0.15) is 0 Å². The van der Waals surface area contributed by atoms with Gasteiger partial charge < -0.3 is 15.2 Å². The first-order valence-electron chi connectivity index (χ1n) is 11.3. The number of benzene rings is 1. The smallest absolute Gasteiger partial charge is 0.208 e. The molecule has 178 valence electrons. The van der Waals surface area contributed by atoms with Crippen LogP contribution in [0.2, 0.25) is 5.02 Å². The number of carbonyl (C=O) groups excluding carboxylic acids is 1. The van der Waals surface area contributed by atoms with Crippen molar-refractivity contribution < 1.29 is 19.0 Å². The molecule has 34 heavy (non-hydrogen) atoms. The number of nitrogens with zero attached hydrogens (tertiary/aromatic N) is 2. The van der Waals surface area contributed by atoms with Crippen molar-refractivity contribution in [3.8, 4) is 0 Å². The monoisotopic (exact) mass is 501 g/mol. The molecule has 1 saturated carbocycles. The summed E-state index contributed by atoms with van der Waals surface area (Å²) in [5.41, 5.74) is 2.43. The van der Waals surface area contributed by atoms with Gasteiger partial charge in [-0.3, -0.25) is 4.79 Å². The second-order valence-corrected chi connectivity index (χ2v) is 10.7. The van der Waals surface area contributed by atoms with Crippen molar-refractivity contribution >= 4 is 34.5 Å². The molecule has 4 atom stereocenters. The highest BCUT2D eigenvalue weighted by molar-refractivity contribution is 7.14. The quantitative estimate of drug-likeness (QED) is 0.473. The van der Waals surface area contributed by atoms with Crippen molar-refractivity contribution in [2.24, 2.45) is 5.92 Å². The standard InChI is InChI=1S/C25H25ClFN3O3S/c1-12-7-15(8-19(12)31)30-25-17(10-28-11-29-25)23(32)20-9-16(13(2)34-20)24-21-14(5-6-33-24)3-4-18(26)22(21)27/h3-4,9-12,15,19,24,31H,5-8H2,1-2H3,(H,28,29,30)/t12-,15-,19-,24+/m1/s1. The van der Waals surface area contributed by atoms with Gasteiger partial charge in [0, 0.05) is 22.7 Å². The van der Waals surface area contributed by atoms with E-state index in [2.05, 4.69) is 15.3 Å². The Morgan fingerprint density at radius 2 is 2.18 bits per heavy atom. The highest BCUT2D eigenvalue weighted by Crippen LogP contribution is 2.41. The number of fused-ring (bicyclic) bond motifs is 1. The molecule has 0 spiro atoms. The number of aliphatic hydroxyl groups excluding tert-OH is 1. The Morgan fingerprint density at radius 1 is 1.35 bits per heavy atom. The number of rotatable bonds is 5. The molecule has 1 aromatic carbocycles. The Hall–Kier alpha value is -2.39. The molecule has 0 saturated heterocycles. The molecule has 0 radical (unpaired) electrons. The van der Waals surface area contributed by atoms with Crippen molar-refractivity contribution in [1.29, 1.82) is 0 Å². The molecule has 1 fully saturated rings. The molecule has 2 aromatic heterocycles. The van der Waals surface area contributed by atoms with E-state index in [-0.39, 0.29) is 28.9 Å². The number of carbonyl (C=O) groups is 1. The van der Waals surface area contributed by atoms with Crippen LogP contribution in [0.25, 0.3) is 0 Å². The van der Waals surface area contributed by atoms with Crippen LogP contribution < -0.4 is 5.32 Å². The summed E-state index contributed by atoms with van der Waals surface area (Å²) in [5.74, 6) is -0.0424. The second-order valence-electron chi connectivity index (χ2n) is 9.03. The van der Waals surface area contributed by atoms with Crippen LogP contribution >= 0.6 is 22.9 Å². The van der Waals surface area contributed by atoms with Gasteiger partial charge in [-0.05, 0) is 55.4 Å². The van der Waals surface area contributed by atoms with Gasteiger partial charge in [0.1, 0.15) is 24.1 Å². The lowest BCUT2D eigenvalue weighted by molar-refractivity contribution is 0.0668. The third kappa shape index (κ3) is 4.24. The minimum Gasteiger partial charge on any atom is -0.393 e. The summed E-state index contributed by atoms with van der Waals surface area (Å²) in [4.78, 5) is 23.2. The van der Waals surface area contributed by atoms with E-state index in [0.717, 1.165) is 22.4 Å². The zero-order valence-corrected chi connectivity index (χ0v) is 20.4. The van der Waals surface area contributed by atoms with Crippen LogP contribution in [0.1, 0.15) is 62.7 Å². The van der Waals surface area contributed by atoms with Crippen molar-refractivity contribution in [1.82, 2.24) is 9.97 Å². The first kappa shape index (κ1) is 23.4. The average molecular weight is 502 g/mol. The molecule has 3 heterocycles. The summed E-state index contributed by atoms with van der Waals surface area (Å²) < 4.78 is 20.9. The normalized spacial score (nSPS) is 24.1. The summed E-state index contributed by atoms with van der Waals surface area (Å²) in [6.45, 7) is 4.37. The van der Waals surface area contributed by atoms with E-state index in [0.29, 0.717) is 41.3 Å². The number of aliphatic hydroxyl groups is 1. The van der Waals surface area contributed by atoms with Crippen LogP contribution in [-0.4, -0.2) is 39.6 Å². The van der Waals surface area contributed by atoms with Gasteiger partial charge in [-0.25, -0.2) is 14.4 Å². The minimum absolute atomic E-state index is 0.0342. The number of aryl methyl sites for hydroxylation is 1. The number of ketones is 1. The molecular weight excluding hydrogens is 477 g/mol. The Balaban J connectivity index is 1.45. The largest absolute Gasteiger partial charge is 0.393 e. The van der Waals surface area contributed by atoms with Gasteiger partial charge >= 0.3 is 0 Å². The highest BCUT2D eigenvalue weighted by atomic mass is 35.5.